The van der Waals surface area contributed by atoms with Gasteiger partial charge < -0.3 is 10.5 Å². The van der Waals surface area contributed by atoms with E-state index in [1.54, 1.807) is 18.5 Å². The maximum atomic E-state index is 5.68. The Kier molecular flexibility index (Phi) is 5.19. The summed E-state index contributed by atoms with van der Waals surface area (Å²) in [6.07, 6.45) is 5.65. The van der Waals surface area contributed by atoms with Crippen molar-refractivity contribution >= 4 is 17.2 Å². The first-order chi connectivity index (χ1) is 7.65. The van der Waals surface area contributed by atoms with E-state index >= 15 is 0 Å². The van der Waals surface area contributed by atoms with Crippen LogP contribution in [0, 0.1) is 5.92 Å². The molecule has 1 heterocycles. The minimum absolute atomic E-state index is 0.348. The van der Waals surface area contributed by atoms with Gasteiger partial charge in [-0.2, -0.15) is 0 Å². The Bertz CT molecular complexity index is 355. The van der Waals surface area contributed by atoms with E-state index in [4.69, 9.17) is 22.7 Å². The van der Waals surface area contributed by atoms with E-state index in [9.17, 15) is 0 Å². The van der Waals surface area contributed by atoms with E-state index in [1.807, 2.05) is 0 Å². The Labute approximate surface area is 102 Å². The highest BCUT2D eigenvalue weighted by atomic mass is 32.1. The minimum Gasteiger partial charge on any atom is -0.491 e. The van der Waals surface area contributed by atoms with E-state index in [2.05, 4.69) is 18.8 Å². The summed E-state index contributed by atoms with van der Waals surface area (Å²) in [6, 6.07) is 1.78. The lowest BCUT2D eigenvalue weighted by molar-refractivity contribution is 0.250. The van der Waals surface area contributed by atoms with Gasteiger partial charge in [0.05, 0.1) is 18.4 Å². The van der Waals surface area contributed by atoms with Crippen LogP contribution in [0.5, 0.6) is 5.75 Å². The molecule has 0 aromatic carbocycles. The van der Waals surface area contributed by atoms with Crippen LogP contribution in [0.15, 0.2) is 18.5 Å². The highest BCUT2D eigenvalue weighted by Gasteiger charge is 2.08. The molecule has 1 rings (SSSR count). The molecule has 0 fully saturated rings. The molecular weight excluding hydrogens is 220 g/mol. The average Bonchev–Trinajstić information content (AvgIpc) is 2.27. The molecule has 4 heteroatoms. The van der Waals surface area contributed by atoms with Crippen molar-refractivity contribution in [2.24, 2.45) is 11.7 Å². The van der Waals surface area contributed by atoms with Crippen LogP contribution in [0.4, 0.5) is 0 Å². The van der Waals surface area contributed by atoms with Crippen LogP contribution in [0.1, 0.15) is 32.3 Å². The molecule has 1 atom stereocenters. The predicted molar refractivity (Wildman–Crippen MR) is 69.7 cm³/mol. The lowest BCUT2D eigenvalue weighted by atomic mass is 10.1. The molecule has 2 N–H and O–H groups in total. The van der Waals surface area contributed by atoms with E-state index in [1.165, 1.54) is 6.42 Å². The van der Waals surface area contributed by atoms with Gasteiger partial charge in [-0.3, -0.25) is 4.98 Å². The third kappa shape index (κ3) is 3.77. The lowest BCUT2D eigenvalue weighted by Crippen LogP contribution is -2.14. The number of pyridine rings is 1. The molecule has 1 aromatic rings. The summed E-state index contributed by atoms with van der Waals surface area (Å²) in [5.74, 6) is 1.21. The maximum absolute atomic E-state index is 5.68. The quantitative estimate of drug-likeness (QED) is 0.774. The zero-order valence-corrected chi connectivity index (χ0v) is 10.6. The van der Waals surface area contributed by atoms with Crippen LogP contribution >= 0.6 is 12.2 Å². The first kappa shape index (κ1) is 12.9. The topological polar surface area (TPSA) is 48.1 Å². The molecule has 0 radical (unpaired) electrons. The smallest absolute Gasteiger partial charge is 0.147 e. The SMILES string of the molecule is CCCC(C)COc1cnccc1C(N)=S. The lowest BCUT2D eigenvalue weighted by Gasteiger charge is -2.13. The van der Waals surface area contributed by atoms with E-state index in [-0.39, 0.29) is 0 Å². The van der Waals surface area contributed by atoms with Crippen molar-refractivity contribution in [3.63, 3.8) is 0 Å². The highest BCUT2D eigenvalue weighted by molar-refractivity contribution is 7.80. The fourth-order valence-corrected chi connectivity index (χ4v) is 1.68. The number of hydrogen-bond acceptors (Lipinski definition) is 3. The molecule has 16 heavy (non-hydrogen) atoms. The normalized spacial score (nSPS) is 12.1. The van der Waals surface area contributed by atoms with Crippen molar-refractivity contribution in [1.29, 1.82) is 0 Å². The van der Waals surface area contributed by atoms with Crippen LogP contribution in [0.25, 0.3) is 0 Å². The molecule has 0 saturated carbocycles. The molecule has 1 aromatic heterocycles. The average molecular weight is 238 g/mol. The monoisotopic (exact) mass is 238 g/mol. The van der Waals surface area contributed by atoms with E-state index in [0.717, 1.165) is 12.0 Å². The molecule has 0 aliphatic carbocycles. The van der Waals surface area contributed by atoms with Crippen LogP contribution in [-0.4, -0.2) is 16.6 Å². The van der Waals surface area contributed by atoms with Gasteiger partial charge in [0, 0.05) is 6.20 Å². The maximum Gasteiger partial charge on any atom is 0.147 e. The number of ether oxygens (including phenoxy) is 1. The zero-order chi connectivity index (χ0) is 12.0. The first-order valence-electron chi connectivity index (χ1n) is 5.51. The molecule has 0 bridgehead atoms. The van der Waals surface area contributed by atoms with Crippen molar-refractivity contribution in [3.8, 4) is 5.75 Å². The van der Waals surface area contributed by atoms with Gasteiger partial charge >= 0.3 is 0 Å². The second kappa shape index (κ2) is 6.43. The van der Waals surface area contributed by atoms with Crippen molar-refractivity contribution in [3.05, 3.63) is 24.0 Å². The van der Waals surface area contributed by atoms with Gasteiger partial charge in [0.25, 0.3) is 0 Å². The zero-order valence-electron chi connectivity index (χ0n) is 9.77. The molecule has 0 amide bonds. The Morgan fingerprint density at radius 1 is 1.62 bits per heavy atom. The Morgan fingerprint density at radius 2 is 2.38 bits per heavy atom. The van der Waals surface area contributed by atoms with Crippen LogP contribution in [0.2, 0.25) is 0 Å². The predicted octanol–water partition coefficient (Wildman–Crippen LogP) is 2.53. The van der Waals surface area contributed by atoms with Gasteiger partial charge in [0.1, 0.15) is 10.7 Å². The largest absolute Gasteiger partial charge is 0.491 e. The van der Waals surface area contributed by atoms with Crippen LogP contribution < -0.4 is 10.5 Å². The van der Waals surface area contributed by atoms with Gasteiger partial charge in [-0.05, 0) is 18.4 Å². The summed E-state index contributed by atoms with van der Waals surface area (Å²) in [7, 11) is 0. The number of nitrogens with zero attached hydrogens (tertiary/aromatic N) is 1. The summed E-state index contributed by atoms with van der Waals surface area (Å²) in [5, 5.41) is 0. The molecule has 0 aliphatic heterocycles. The molecular formula is C12H18N2OS. The molecule has 3 nitrogen and oxygen atoms in total. The van der Waals surface area contributed by atoms with Gasteiger partial charge in [0.15, 0.2) is 0 Å². The molecule has 88 valence electrons. The Hall–Kier alpha value is -1.16. The molecule has 0 aliphatic rings. The number of rotatable bonds is 6. The molecule has 0 saturated heterocycles. The summed E-state index contributed by atoms with van der Waals surface area (Å²) in [5.41, 5.74) is 6.36. The Balaban J connectivity index is 2.63. The van der Waals surface area contributed by atoms with Crippen LogP contribution in [-0.2, 0) is 0 Å². The minimum atomic E-state index is 0.348. The van der Waals surface area contributed by atoms with Gasteiger partial charge in [-0.1, -0.05) is 32.5 Å². The van der Waals surface area contributed by atoms with Gasteiger partial charge in [-0.15, -0.1) is 0 Å². The van der Waals surface area contributed by atoms with Crippen molar-refractivity contribution in [1.82, 2.24) is 4.98 Å². The second-order valence-electron chi connectivity index (χ2n) is 3.94. The third-order valence-corrected chi connectivity index (χ3v) is 2.57. The summed E-state index contributed by atoms with van der Waals surface area (Å²) < 4.78 is 5.68. The number of aromatic nitrogens is 1. The fraction of sp³-hybridized carbons (Fsp3) is 0.500. The fourth-order valence-electron chi connectivity index (χ4n) is 1.51. The van der Waals surface area contributed by atoms with Crippen molar-refractivity contribution < 1.29 is 4.74 Å². The van der Waals surface area contributed by atoms with Gasteiger partial charge in [-0.25, -0.2) is 0 Å². The standard InChI is InChI=1S/C12H18N2OS/c1-3-4-9(2)8-15-11-7-14-6-5-10(11)12(13)16/h5-7,9H,3-4,8H2,1-2H3,(H2,13,16). The Morgan fingerprint density at radius 3 is 3.00 bits per heavy atom. The summed E-state index contributed by atoms with van der Waals surface area (Å²) in [4.78, 5) is 4.36. The van der Waals surface area contributed by atoms with Crippen LogP contribution in [0.3, 0.4) is 0 Å². The number of hydrogen-bond donors (Lipinski definition) is 1. The molecule has 0 spiro atoms. The molecule has 1 unspecified atom stereocenters. The van der Waals surface area contributed by atoms with Crippen molar-refractivity contribution in [2.45, 2.75) is 26.7 Å². The van der Waals surface area contributed by atoms with Crippen molar-refractivity contribution in [2.75, 3.05) is 6.61 Å². The highest BCUT2D eigenvalue weighted by Crippen LogP contribution is 2.17. The van der Waals surface area contributed by atoms with E-state index in [0.29, 0.717) is 23.3 Å². The second-order valence-corrected chi connectivity index (χ2v) is 4.38. The summed E-state index contributed by atoms with van der Waals surface area (Å²) in [6.45, 7) is 5.01. The third-order valence-electron chi connectivity index (χ3n) is 2.35. The summed E-state index contributed by atoms with van der Waals surface area (Å²) >= 11 is 4.95. The van der Waals surface area contributed by atoms with Gasteiger partial charge in [0.2, 0.25) is 0 Å². The number of nitrogens with two attached hydrogens (primary N) is 1. The van der Waals surface area contributed by atoms with E-state index < -0.39 is 0 Å². The number of thiocarbonyl (C=S) groups is 1. The first-order valence-corrected chi connectivity index (χ1v) is 5.92.